The molecule has 5 heteroatoms. The Morgan fingerprint density at radius 1 is 1.53 bits per heavy atom. The number of carboxylic acid groups (broad SMARTS) is 1. The fourth-order valence-corrected chi connectivity index (χ4v) is 2.22. The summed E-state index contributed by atoms with van der Waals surface area (Å²) in [6, 6.07) is 1.63. The van der Waals surface area contributed by atoms with Gasteiger partial charge in [-0.15, -0.1) is 0 Å². The van der Waals surface area contributed by atoms with Gasteiger partial charge in [0.2, 0.25) is 0 Å². The van der Waals surface area contributed by atoms with Gasteiger partial charge in [-0.05, 0) is 32.8 Å². The van der Waals surface area contributed by atoms with E-state index in [9.17, 15) is 14.7 Å². The Morgan fingerprint density at radius 3 is 2.76 bits per heavy atom. The summed E-state index contributed by atoms with van der Waals surface area (Å²) in [5.41, 5.74) is -0.681. The lowest BCUT2D eigenvalue weighted by Crippen LogP contribution is -2.50. The van der Waals surface area contributed by atoms with Gasteiger partial charge in [0.15, 0.2) is 0 Å². The number of aliphatic carboxylic acids is 1. The van der Waals surface area contributed by atoms with Gasteiger partial charge in [-0.3, -0.25) is 4.79 Å². The van der Waals surface area contributed by atoms with Gasteiger partial charge >= 0.3 is 5.97 Å². The minimum absolute atomic E-state index is 0.274. The first-order valence-corrected chi connectivity index (χ1v) is 5.55. The first-order chi connectivity index (χ1) is 7.95. The van der Waals surface area contributed by atoms with E-state index in [0.717, 1.165) is 0 Å². The number of hydrogen-bond acceptors (Lipinski definition) is 3. The van der Waals surface area contributed by atoms with E-state index in [2.05, 4.69) is 0 Å². The molecule has 0 saturated carbocycles. The molecule has 0 bridgehead atoms. The summed E-state index contributed by atoms with van der Waals surface area (Å²) >= 11 is 0. The van der Waals surface area contributed by atoms with Gasteiger partial charge in [-0.2, -0.15) is 0 Å². The van der Waals surface area contributed by atoms with Crippen LogP contribution in [0, 0.1) is 6.92 Å². The number of amides is 1. The summed E-state index contributed by atoms with van der Waals surface area (Å²) in [6.45, 7) is 3.82. The molecule has 1 N–H and O–H groups in total. The Balaban J connectivity index is 2.28. The molecule has 2 heterocycles. The van der Waals surface area contributed by atoms with Crippen LogP contribution in [-0.2, 0) is 4.79 Å². The largest absolute Gasteiger partial charge is 0.480 e. The van der Waals surface area contributed by atoms with Crippen LogP contribution in [0.15, 0.2) is 16.7 Å². The summed E-state index contributed by atoms with van der Waals surface area (Å²) in [5.74, 6) is -0.586. The summed E-state index contributed by atoms with van der Waals surface area (Å²) in [5, 5.41) is 9.23. The molecule has 0 aliphatic carbocycles. The van der Waals surface area contributed by atoms with Crippen LogP contribution >= 0.6 is 0 Å². The smallest absolute Gasteiger partial charge is 0.329 e. The molecule has 1 aromatic heterocycles. The summed E-state index contributed by atoms with van der Waals surface area (Å²) < 4.78 is 5.08. The number of hydrogen-bond donors (Lipinski definition) is 1. The zero-order valence-corrected chi connectivity index (χ0v) is 9.90. The van der Waals surface area contributed by atoms with Crippen LogP contribution in [0.25, 0.3) is 0 Å². The average Bonchev–Trinajstić information content (AvgIpc) is 2.85. The second kappa shape index (κ2) is 3.91. The highest BCUT2D eigenvalue weighted by atomic mass is 16.4. The van der Waals surface area contributed by atoms with Crippen molar-refractivity contribution in [2.45, 2.75) is 32.2 Å². The van der Waals surface area contributed by atoms with E-state index in [1.165, 1.54) is 11.2 Å². The molecule has 0 radical (unpaired) electrons. The number of nitrogens with zero attached hydrogens (tertiary/aromatic N) is 1. The third kappa shape index (κ3) is 1.81. The van der Waals surface area contributed by atoms with Crippen LogP contribution in [0.1, 0.15) is 35.9 Å². The Kier molecular flexibility index (Phi) is 2.69. The van der Waals surface area contributed by atoms with Crippen molar-refractivity contribution in [1.29, 1.82) is 0 Å². The second-order valence-corrected chi connectivity index (χ2v) is 4.59. The molecule has 1 saturated heterocycles. The highest BCUT2D eigenvalue weighted by Crippen LogP contribution is 2.31. The van der Waals surface area contributed by atoms with Crippen molar-refractivity contribution in [2.24, 2.45) is 0 Å². The van der Waals surface area contributed by atoms with Crippen molar-refractivity contribution >= 4 is 11.9 Å². The topological polar surface area (TPSA) is 70.8 Å². The lowest BCUT2D eigenvalue weighted by Gasteiger charge is -2.30. The summed E-state index contributed by atoms with van der Waals surface area (Å²) in [6.07, 6.45) is 2.58. The lowest BCUT2D eigenvalue weighted by atomic mass is 9.99. The van der Waals surface area contributed by atoms with Crippen LogP contribution in [0.4, 0.5) is 0 Å². The van der Waals surface area contributed by atoms with E-state index in [1.807, 2.05) is 0 Å². The van der Waals surface area contributed by atoms with Gasteiger partial charge in [0.25, 0.3) is 5.91 Å². The highest BCUT2D eigenvalue weighted by molar-refractivity contribution is 5.98. The second-order valence-electron chi connectivity index (χ2n) is 4.59. The van der Waals surface area contributed by atoms with Gasteiger partial charge in [0, 0.05) is 6.54 Å². The quantitative estimate of drug-likeness (QED) is 0.849. The zero-order chi connectivity index (χ0) is 12.6. The number of carbonyl (C=O) groups is 2. The maximum absolute atomic E-state index is 12.2. The minimum Gasteiger partial charge on any atom is -0.480 e. The number of carboxylic acids is 1. The molecule has 2 rings (SSSR count). The van der Waals surface area contributed by atoms with Gasteiger partial charge in [-0.25, -0.2) is 4.79 Å². The highest BCUT2D eigenvalue weighted by Gasteiger charge is 2.46. The first kappa shape index (κ1) is 11.7. The monoisotopic (exact) mass is 237 g/mol. The van der Waals surface area contributed by atoms with E-state index in [4.69, 9.17) is 4.42 Å². The minimum atomic E-state index is -1.09. The fraction of sp³-hybridized carbons (Fsp3) is 0.500. The van der Waals surface area contributed by atoms with Crippen LogP contribution in [0.3, 0.4) is 0 Å². The number of aryl methyl sites for hydroxylation is 1. The standard InChI is InChI=1S/C12H15NO4/c1-8-6-9(7-17-8)10(14)13-5-3-4-12(13,2)11(15)16/h6-7H,3-5H2,1-2H3,(H,15,16)/t12-/m1/s1. The third-order valence-electron chi connectivity index (χ3n) is 3.32. The number of likely N-dealkylation sites (tertiary alicyclic amines) is 1. The number of carbonyl (C=O) groups excluding carboxylic acids is 1. The Labute approximate surface area is 99.0 Å². The molecular weight excluding hydrogens is 222 g/mol. The first-order valence-electron chi connectivity index (χ1n) is 5.55. The van der Waals surface area contributed by atoms with Crippen molar-refractivity contribution in [1.82, 2.24) is 4.90 Å². The van der Waals surface area contributed by atoms with E-state index in [0.29, 0.717) is 30.7 Å². The van der Waals surface area contributed by atoms with Gasteiger partial charge in [0.1, 0.15) is 17.6 Å². The van der Waals surface area contributed by atoms with Gasteiger partial charge in [0.05, 0.1) is 5.56 Å². The predicted octanol–water partition coefficient (Wildman–Crippen LogP) is 1.67. The lowest BCUT2D eigenvalue weighted by molar-refractivity contribution is -0.147. The van der Waals surface area contributed by atoms with E-state index >= 15 is 0 Å². The Hall–Kier alpha value is -1.78. The molecular formula is C12H15NO4. The Bertz CT molecular complexity index is 465. The van der Waals surface area contributed by atoms with E-state index < -0.39 is 11.5 Å². The molecule has 0 unspecified atom stereocenters. The zero-order valence-electron chi connectivity index (χ0n) is 9.90. The summed E-state index contributed by atoms with van der Waals surface area (Å²) in [4.78, 5) is 24.9. The third-order valence-corrected chi connectivity index (χ3v) is 3.32. The molecule has 17 heavy (non-hydrogen) atoms. The van der Waals surface area contributed by atoms with E-state index in [-0.39, 0.29) is 5.91 Å². The summed E-state index contributed by atoms with van der Waals surface area (Å²) in [7, 11) is 0. The molecule has 1 aliphatic heterocycles. The number of rotatable bonds is 2. The molecule has 1 amide bonds. The number of furan rings is 1. The molecule has 1 aromatic rings. The molecule has 1 aliphatic rings. The van der Waals surface area contributed by atoms with Crippen molar-refractivity contribution in [3.8, 4) is 0 Å². The van der Waals surface area contributed by atoms with E-state index in [1.54, 1.807) is 19.9 Å². The van der Waals surface area contributed by atoms with Crippen molar-refractivity contribution < 1.29 is 19.1 Å². The van der Waals surface area contributed by atoms with Crippen LogP contribution in [-0.4, -0.2) is 34.0 Å². The molecule has 0 aromatic carbocycles. The molecule has 1 fully saturated rings. The van der Waals surface area contributed by atoms with Crippen LogP contribution < -0.4 is 0 Å². The molecule has 92 valence electrons. The predicted molar refractivity (Wildman–Crippen MR) is 59.8 cm³/mol. The molecule has 0 spiro atoms. The normalized spacial score (nSPS) is 24.0. The Morgan fingerprint density at radius 2 is 2.24 bits per heavy atom. The van der Waals surface area contributed by atoms with Crippen LogP contribution in [0.2, 0.25) is 0 Å². The van der Waals surface area contributed by atoms with Crippen molar-refractivity contribution in [3.63, 3.8) is 0 Å². The maximum atomic E-state index is 12.2. The van der Waals surface area contributed by atoms with Crippen molar-refractivity contribution in [2.75, 3.05) is 6.54 Å². The van der Waals surface area contributed by atoms with Crippen molar-refractivity contribution in [3.05, 3.63) is 23.7 Å². The maximum Gasteiger partial charge on any atom is 0.329 e. The average molecular weight is 237 g/mol. The molecule has 1 atom stereocenters. The SMILES string of the molecule is Cc1cc(C(=O)N2CCC[C@]2(C)C(=O)O)co1. The van der Waals surface area contributed by atoms with Gasteiger partial charge < -0.3 is 14.4 Å². The van der Waals surface area contributed by atoms with Crippen LogP contribution in [0.5, 0.6) is 0 Å². The fourth-order valence-electron chi connectivity index (χ4n) is 2.22. The molecule has 5 nitrogen and oxygen atoms in total. The van der Waals surface area contributed by atoms with Gasteiger partial charge in [-0.1, -0.05) is 0 Å².